The van der Waals surface area contributed by atoms with Gasteiger partial charge in [-0.2, -0.15) is 0 Å². The first kappa shape index (κ1) is 50.1. The first-order valence-electron chi connectivity index (χ1n) is 23.0. The van der Waals surface area contributed by atoms with E-state index in [9.17, 15) is 14.7 Å². The number of rotatable bonds is 19. The Morgan fingerprint density at radius 2 is 1.10 bits per heavy atom. The first-order valence-corrected chi connectivity index (χ1v) is 23.0. The van der Waals surface area contributed by atoms with Crippen LogP contribution in [-0.4, -0.2) is 51.8 Å². The summed E-state index contributed by atoms with van der Waals surface area (Å²) < 4.78 is 28.3. The van der Waals surface area contributed by atoms with Crippen LogP contribution >= 0.6 is 0 Å². The average molecular weight is 849 g/mol. The second kappa shape index (κ2) is 22.2. The van der Waals surface area contributed by atoms with Crippen LogP contribution < -0.4 is 0 Å². The van der Waals surface area contributed by atoms with E-state index in [0.717, 1.165) is 66.0 Å². The van der Waals surface area contributed by atoms with Crippen LogP contribution in [0.5, 0.6) is 0 Å². The number of hydrogen-bond donors (Lipinski definition) is 1. The van der Waals surface area contributed by atoms with E-state index in [0.29, 0.717) is 55.1 Å². The van der Waals surface area contributed by atoms with Gasteiger partial charge < -0.3 is 28.4 Å². The van der Waals surface area contributed by atoms with Gasteiger partial charge in [0.15, 0.2) is 0 Å². The number of aliphatic hydroxyl groups excluding tert-OH is 1. The van der Waals surface area contributed by atoms with Gasteiger partial charge in [-0.3, -0.25) is 9.59 Å². The Hall–Kier alpha value is -3.50. The Labute approximate surface area is 367 Å². The van der Waals surface area contributed by atoms with Gasteiger partial charge in [0.1, 0.15) is 22.7 Å². The molecule has 0 radical (unpaired) electrons. The molecule has 342 valence electrons. The van der Waals surface area contributed by atoms with Gasteiger partial charge in [-0.1, -0.05) is 82.2 Å². The van der Waals surface area contributed by atoms with Gasteiger partial charge in [-0.25, -0.2) is 0 Å². The van der Waals surface area contributed by atoms with E-state index in [-0.39, 0.29) is 36.8 Å². The maximum Gasteiger partial charge on any atom is 0.307 e. The summed E-state index contributed by atoms with van der Waals surface area (Å²) in [7, 11) is 0. The van der Waals surface area contributed by atoms with Crippen molar-refractivity contribution in [3.05, 3.63) is 70.9 Å². The Morgan fingerprint density at radius 3 is 1.49 bits per heavy atom. The van der Waals surface area contributed by atoms with Crippen molar-refractivity contribution < 1.29 is 38.0 Å². The van der Waals surface area contributed by atoms with Crippen molar-refractivity contribution in [1.29, 1.82) is 0 Å². The van der Waals surface area contributed by atoms with E-state index in [1.54, 1.807) is 0 Å². The number of carbonyl (C=O) groups is 2. The number of ether oxygens (including phenoxy) is 3. The third kappa shape index (κ3) is 18.8. The molecule has 2 aliphatic rings. The molecule has 2 fully saturated rings. The van der Waals surface area contributed by atoms with Gasteiger partial charge in [-0.05, 0) is 134 Å². The summed E-state index contributed by atoms with van der Waals surface area (Å²) in [6, 6.07) is 14.3. The lowest BCUT2D eigenvalue weighted by molar-refractivity contribution is -0.156. The van der Waals surface area contributed by atoms with E-state index in [4.69, 9.17) is 23.3 Å². The molecule has 0 unspecified atom stereocenters. The van der Waals surface area contributed by atoms with Crippen molar-refractivity contribution >= 4 is 11.9 Å². The van der Waals surface area contributed by atoms with E-state index in [2.05, 4.69) is 70.1 Å². The van der Waals surface area contributed by atoms with Gasteiger partial charge in [0.25, 0.3) is 0 Å². The second-order valence-electron chi connectivity index (χ2n) is 22.4. The Balaban J connectivity index is 0.000000276. The van der Waals surface area contributed by atoms with Gasteiger partial charge in [0, 0.05) is 49.0 Å². The largest absolute Gasteiger partial charge is 0.460 e. The number of nitrogens with zero attached hydrogens (tertiary/aromatic N) is 2. The molecule has 2 aliphatic carbocycles. The molecule has 2 atom stereocenters. The lowest BCUT2D eigenvalue weighted by Crippen LogP contribution is -2.26. The quantitative estimate of drug-likeness (QED) is 0.0917. The second-order valence-corrected chi connectivity index (χ2v) is 22.4. The van der Waals surface area contributed by atoms with Crippen LogP contribution in [0, 0.1) is 22.7 Å². The first-order chi connectivity index (χ1) is 28.4. The van der Waals surface area contributed by atoms with Crippen molar-refractivity contribution in [3.63, 3.8) is 0 Å². The lowest BCUT2D eigenvalue weighted by atomic mass is 9.67. The molecule has 3 aromatic rings. The normalized spacial score (nSPS) is 20.4. The van der Waals surface area contributed by atoms with Gasteiger partial charge in [0.2, 0.25) is 0 Å². The van der Waals surface area contributed by atoms with Crippen LogP contribution in [0.3, 0.4) is 0 Å². The van der Waals surface area contributed by atoms with Crippen LogP contribution in [0.25, 0.3) is 0 Å². The van der Waals surface area contributed by atoms with Gasteiger partial charge >= 0.3 is 11.9 Å². The molecule has 0 spiro atoms. The Morgan fingerprint density at radius 1 is 0.672 bits per heavy atom. The van der Waals surface area contributed by atoms with Crippen LogP contribution in [-0.2, 0) is 30.4 Å². The molecule has 2 heterocycles. The highest BCUT2D eigenvalue weighted by atomic mass is 16.6. The maximum atomic E-state index is 12.6. The highest BCUT2D eigenvalue weighted by Gasteiger charge is 2.37. The molecule has 0 aliphatic heterocycles. The van der Waals surface area contributed by atoms with E-state index >= 15 is 0 Å². The fraction of sp³-hybridized carbons (Fsp3) is 0.725. The topological polar surface area (TPSA) is 134 Å². The van der Waals surface area contributed by atoms with Crippen LogP contribution in [0.15, 0.2) is 51.5 Å². The third-order valence-corrected chi connectivity index (χ3v) is 11.3. The molecule has 10 nitrogen and oxygen atoms in total. The number of hydrogen-bond acceptors (Lipinski definition) is 10. The molecule has 0 bridgehead atoms. The molecule has 0 amide bonds. The summed E-state index contributed by atoms with van der Waals surface area (Å²) in [6.45, 7) is 26.4. The zero-order chi connectivity index (χ0) is 45.0. The average Bonchev–Trinajstić information content (AvgIpc) is 3.78. The number of esters is 2. The molecule has 0 saturated heterocycles. The molecule has 10 heteroatoms. The minimum absolute atomic E-state index is 0.0538. The monoisotopic (exact) mass is 849 g/mol. The molecular formula is C51H80N2O8. The Bertz CT molecular complexity index is 1740. The third-order valence-electron chi connectivity index (χ3n) is 11.3. The maximum absolute atomic E-state index is 12.6. The summed E-state index contributed by atoms with van der Waals surface area (Å²) in [5.41, 5.74) is 2.94. The van der Waals surface area contributed by atoms with Gasteiger partial charge in [-0.15, -0.1) is 0 Å². The molecule has 1 N–H and O–H groups in total. The highest BCUT2D eigenvalue weighted by Crippen LogP contribution is 2.48. The Kier molecular flexibility index (Phi) is 18.3. The number of benzene rings is 1. The molecule has 1 aromatic carbocycles. The van der Waals surface area contributed by atoms with Crippen molar-refractivity contribution in [3.8, 4) is 0 Å². The highest BCUT2D eigenvalue weighted by molar-refractivity contribution is 5.71. The molecular weight excluding hydrogens is 769 g/mol. The van der Waals surface area contributed by atoms with Gasteiger partial charge in [0.05, 0.1) is 30.8 Å². The summed E-state index contributed by atoms with van der Waals surface area (Å²) in [4.78, 5) is 24.8. The summed E-state index contributed by atoms with van der Waals surface area (Å²) in [6.07, 6.45) is 10.7. The predicted molar refractivity (Wildman–Crippen MR) is 240 cm³/mol. The predicted octanol–water partition coefficient (Wildman–Crippen LogP) is 12.6. The SMILES string of the molecule is CC(C)(C)CC1CC(c2cc([C@@H](CCCO)CC(=O)OC(C)(C)C)on2)C1.CC(C)(C)CC1CC(c2cc([C@@H](CCCOCc3ccccc3)CC(=O)OC(C)(C)C)on2)C1. The number of aliphatic hydroxyl groups is 1. The molecule has 2 saturated carbocycles. The van der Waals surface area contributed by atoms with Crippen LogP contribution in [0.1, 0.15) is 212 Å². The fourth-order valence-electron chi connectivity index (χ4n) is 8.79. The number of aromatic nitrogens is 2. The summed E-state index contributed by atoms with van der Waals surface area (Å²) in [5.74, 6) is 3.42. The van der Waals surface area contributed by atoms with E-state index < -0.39 is 11.2 Å². The number of carbonyl (C=O) groups excluding carboxylic acids is 2. The lowest BCUT2D eigenvalue weighted by Gasteiger charge is -2.38. The minimum atomic E-state index is -0.501. The zero-order valence-corrected chi connectivity index (χ0v) is 39.8. The van der Waals surface area contributed by atoms with Crippen molar-refractivity contribution in [1.82, 2.24) is 10.3 Å². The van der Waals surface area contributed by atoms with Crippen LogP contribution in [0.4, 0.5) is 0 Å². The zero-order valence-electron chi connectivity index (χ0n) is 39.8. The molecule has 61 heavy (non-hydrogen) atoms. The summed E-state index contributed by atoms with van der Waals surface area (Å²) in [5, 5.41) is 17.9. The van der Waals surface area contributed by atoms with Crippen molar-refractivity contribution in [2.24, 2.45) is 22.7 Å². The fourth-order valence-corrected chi connectivity index (χ4v) is 8.79. The smallest absolute Gasteiger partial charge is 0.307 e. The molecule has 2 aromatic heterocycles. The van der Waals surface area contributed by atoms with E-state index in [1.165, 1.54) is 25.7 Å². The van der Waals surface area contributed by atoms with Crippen LogP contribution in [0.2, 0.25) is 0 Å². The van der Waals surface area contributed by atoms with E-state index in [1.807, 2.05) is 65.8 Å². The van der Waals surface area contributed by atoms with Crippen molar-refractivity contribution in [2.45, 2.75) is 202 Å². The molecule has 5 rings (SSSR count). The van der Waals surface area contributed by atoms with Crippen molar-refractivity contribution in [2.75, 3.05) is 13.2 Å². The minimum Gasteiger partial charge on any atom is -0.460 e. The summed E-state index contributed by atoms with van der Waals surface area (Å²) >= 11 is 0. The standard InChI is InChI=1S/C29H43NO4.C22H37NO4/c1-28(2,3)19-22-15-24(16-22)25-18-26(34-30-25)23(17-27(31)33-29(4,5)6)13-10-14-32-20-21-11-8-7-9-12-21;1-21(2,3)14-15-10-17(11-15)18-13-19(27-23-18)16(8-7-9-24)12-20(25)26-22(4,5)6/h7-9,11-12,18,22-24H,10,13-17,19-20H2,1-6H3;13,15-17,24H,7-12,14H2,1-6H3/t22?,23-,24?;15?,16-,17?/m00/s1.